The summed E-state index contributed by atoms with van der Waals surface area (Å²) in [5.74, 6) is 0. The highest BCUT2D eigenvalue weighted by molar-refractivity contribution is 6.00. The summed E-state index contributed by atoms with van der Waals surface area (Å²) in [6, 6.07) is 98.1. The number of anilines is 11. The molecule has 1 aliphatic rings. The second-order valence-electron chi connectivity index (χ2n) is 17.7. The van der Waals surface area contributed by atoms with Crippen LogP contribution < -0.4 is 30.0 Å². The molecular formula is C67H50N4. The van der Waals surface area contributed by atoms with Crippen molar-refractivity contribution in [3.05, 3.63) is 296 Å². The first-order valence-corrected chi connectivity index (χ1v) is 24.3. The zero-order chi connectivity index (χ0) is 47.3. The SMILES string of the molecule is C1=CC(N(c2ccccc2)c2ccc(N(c3ccc(N(c4ccccc4)c4cccc5ccccc45)cc3)c3ccc(N(c4ccccc4)c4cccc5ccccc45)cc3)cc2)=c2ccccc2=CC1. The van der Waals surface area contributed by atoms with Gasteiger partial charge in [-0.25, -0.2) is 0 Å². The average Bonchev–Trinajstić information content (AvgIpc) is 3.66. The van der Waals surface area contributed by atoms with Gasteiger partial charge in [0.25, 0.3) is 0 Å². The van der Waals surface area contributed by atoms with E-state index in [2.05, 4.69) is 311 Å². The molecule has 11 aromatic carbocycles. The molecule has 4 heteroatoms. The van der Waals surface area contributed by atoms with Crippen LogP contribution in [0.5, 0.6) is 0 Å². The van der Waals surface area contributed by atoms with Crippen molar-refractivity contribution in [2.75, 3.05) is 19.6 Å². The zero-order valence-electron chi connectivity index (χ0n) is 39.2. The van der Waals surface area contributed by atoms with Crippen molar-refractivity contribution in [3.63, 3.8) is 0 Å². The summed E-state index contributed by atoms with van der Waals surface area (Å²) in [6.07, 6.45) is 7.71. The lowest BCUT2D eigenvalue weighted by molar-refractivity contribution is 1.24. The van der Waals surface area contributed by atoms with Gasteiger partial charge in [-0.05, 0) is 150 Å². The fourth-order valence-corrected chi connectivity index (χ4v) is 10.1. The first kappa shape index (κ1) is 42.9. The monoisotopic (exact) mass is 910 g/mol. The summed E-state index contributed by atoms with van der Waals surface area (Å²) in [4.78, 5) is 9.46. The van der Waals surface area contributed by atoms with Gasteiger partial charge in [-0.3, -0.25) is 0 Å². The van der Waals surface area contributed by atoms with E-state index < -0.39 is 0 Å². The van der Waals surface area contributed by atoms with E-state index in [1.165, 1.54) is 32.0 Å². The van der Waals surface area contributed by atoms with Gasteiger partial charge in [0.2, 0.25) is 0 Å². The Bertz CT molecular complexity index is 3600. The maximum atomic E-state index is 2.38. The van der Waals surface area contributed by atoms with Gasteiger partial charge < -0.3 is 19.6 Å². The Balaban J connectivity index is 0.990. The van der Waals surface area contributed by atoms with Crippen molar-refractivity contribution in [1.29, 1.82) is 0 Å². The zero-order valence-corrected chi connectivity index (χ0v) is 39.2. The Morgan fingerprint density at radius 3 is 1.06 bits per heavy atom. The van der Waals surface area contributed by atoms with Gasteiger partial charge in [-0.2, -0.15) is 0 Å². The number of fused-ring (bicyclic) bond motifs is 3. The Morgan fingerprint density at radius 2 is 0.592 bits per heavy atom. The highest BCUT2D eigenvalue weighted by Gasteiger charge is 2.21. The second kappa shape index (κ2) is 19.3. The van der Waals surface area contributed by atoms with Gasteiger partial charge in [-0.15, -0.1) is 0 Å². The minimum Gasteiger partial charge on any atom is -0.310 e. The number of hydrogen-bond acceptors (Lipinski definition) is 4. The predicted molar refractivity (Wildman–Crippen MR) is 301 cm³/mol. The molecule has 1 aliphatic carbocycles. The third-order valence-corrected chi connectivity index (χ3v) is 13.4. The van der Waals surface area contributed by atoms with E-state index in [1.54, 1.807) is 0 Å². The van der Waals surface area contributed by atoms with E-state index in [1.807, 2.05) is 0 Å². The van der Waals surface area contributed by atoms with Gasteiger partial charge in [0, 0.05) is 67.2 Å². The number of nitrogens with zero attached hydrogens (tertiary/aromatic N) is 4. The van der Waals surface area contributed by atoms with Crippen LogP contribution in [-0.4, -0.2) is 0 Å². The summed E-state index contributed by atoms with van der Waals surface area (Å²) >= 11 is 0. The lowest BCUT2D eigenvalue weighted by atomic mass is 10.1. The first-order valence-electron chi connectivity index (χ1n) is 24.3. The highest BCUT2D eigenvalue weighted by Crippen LogP contribution is 2.44. The lowest BCUT2D eigenvalue weighted by Crippen LogP contribution is -2.31. The summed E-state index contributed by atoms with van der Waals surface area (Å²) in [5.41, 5.74) is 13.0. The molecule has 11 aromatic rings. The van der Waals surface area contributed by atoms with Crippen LogP contribution in [-0.2, 0) is 0 Å². The number of hydrogen-bond donors (Lipinski definition) is 0. The molecule has 0 atom stereocenters. The van der Waals surface area contributed by atoms with Gasteiger partial charge in [-0.1, -0.05) is 164 Å². The summed E-state index contributed by atoms with van der Waals surface area (Å²) in [7, 11) is 0. The van der Waals surface area contributed by atoms with E-state index in [-0.39, 0.29) is 0 Å². The molecule has 0 saturated heterocycles. The van der Waals surface area contributed by atoms with Crippen LogP contribution >= 0.6 is 0 Å². The predicted octanol–water partition coefficient (Wildman–Crippen LogP) is 17.1. The van der Waals surface area contributed by atoms with Gasteiger partial charge in [0.15, 0.2) is 0 Å². The Hall–Kier alpha value is -9.38. The van der Waals surface area contributed by atoms with E-state index in [0.717, 1.165) is 74.7 Å². The molecule has 0 unspecified atom stereocenters. The van der Waals surface area contributed by atoms with Crippen molar-refractivity contribution in [1.82, 2.24) is 0 Å². The van der Waals surface area contributed by atoms with E-state index in [9.17, 15) is 0 Å². The summed E-state index contributed by atoms with van der Waals surface area (Å²) in [6.45, 7) is 0. The fourth-order valence-electron chi connectivity index (χ4n) is 10.1. The number of rotatable bonds is 12. The average molecular weight is 911 g/mol. The summed E-state index contributed by atoms with van der Waals surface area (Å²) < 4.78 is 0. The van der Waals surface area contributed by atoms with E-state index in [4.69, 9.17) is 0 Å². The van der Waals surface area contributed by atoms with Crippen molar-refractivity contribution in [3.8, 4) is 0 Å². The largest absolute Gasteiger partial charge is 0.310 e. The van der Waals surface area contributed by atoms with E-state index >= 15 is 0 Å². The molecule has 0 bridgehead atoms. The van der Waals surface area contributed by atoms with Crippen molar-refractivity contribution < 1.29 is 0 Å². The molecule has 0 aliphatic heterocycles. The molecule has 71 heavy (non-hydrogen) atoms. The van der Waals surface area contributed by atoms with Crippen LogP contribution in [0.4, 0.5) is 62.6 Å². The van der Waals surface area contributed by atoms with Crippen molar-refractivity contribution in [2.45, 2.75) is 6.42 Å². The molecule has 0 fully saturated rings. The highest BCUT2D eigenvalue weighted by atomic mass is 15.2. The molecule has 338 valence electrons. The van der Waals surface area contributed by atoms with E-state index in [0.29, 0.717) is 0 Å². The van der Waals surface area contributed by atoms with Crippen LogP contribution in [0.15, 0.2) is 285 Å². The standard InChI is InChI=1S/C67H50N4/c1-4-26-53(27-5-1)69(65-35-17-13-23-50-20-10-14-32-62(50)65)59-44-38-56(39-45-59)68(57-40-46-60(47-41-57)70(54-28-6-2-7-29-54)66-36-18-24-51-21-11-15-33-63(51)66)58-42-48-61(49-43-58)71(55-30-8-3-9-31-55)67-37-19-25-52-22-12-16-34-64(52)67/h1-12,14-49H,13H2. The number of allylic oxidation sites excluding steroid dienone is 1. The van der Waals surface area contributed by atoms with Crippen LogP contribution in [0.1, 0.15) is 6.42 Å². The van der Waals surface area contributed by atoms with Gasteiger partial charge >= 0.3 is 0 Å². The molecule has 4 nitrogen and oxygen atoms in total. The smallest absolute Gasteiger partial charge is 0.0540 e. The molecule has 12 rings (SSSR count). The Labute approximate surface area is 415 Å². The lowest BCUT2D eigenvalue weighted by Gasteiger charge is -2.31. The minimum absolute atomic E-state index is 0.880. The molecule has 0 radical (unpaired) electrons. The third-order valence-electron chi connectivity index (χ3n) is 13.4. The number of para-hydroxylation sites is 3. The third kappa shape index (κ3) is 8.49. The topological polar surface area (TPSA) is 13.0 Å². The van der Waals surface area contributed by atoms with Crippen LogP contribution in [0.25, 0.3) is 33.3 Å². The van der Waals surface area contributed by atoms with Gasteiger partial charge in [0.1, 0.15) is 0 Å². The van der Waals surface area contributed by atoms with Crippen LogP contribution in [0.3, 0.4) is 0 Å². The molecule has 0 spiro atoms. The molecule has 0 saturated carbocycles. The maximum Gasteiger partial charge on any atom is 0.0540 e. The second-order valence-corrected chi connectivity index (χ2v) is 17.7. The van der Waals surface area contributed by atoms with Crippen molar-refractivity contribution >= 4 is 95.9 Å². The van der Waals surface area contributed by atoms with Crippen molar-refractivity contribution in [2.24, 2.45) is 0 Å². The molecular weight excluding hydrogens is 861 g/mol. The first-order chi connectivity index (χ1) is 35.2. The molecule has 0 N–H and O–H groups in total. The van der Waals surface area contributed by atoms with Crippen LogP contribution in [0, 0.1) is 0 Å². The molecule has 0 amide bonds. The normalized spacial score (nSPS) is 11.9. The Morgan fingerprint density at radius 1 is 0.254 bits per heavy atom. The quantitative estimate of drug-likeness (QED) is 0.121. The summed E-state index contributed by atoms with van der Waals surface area (Å²) in [5, 5.41) is 7.24. The molecule has 0 aromatic heterocycles. The maximum absolute atomic E-state index is 2.38. The molecule has 0 heterocycles. The van der Waals surface area contributed by atoms with Crippen LogP contribution in [0.2, 0.25) is 0 Å². The van der Waals surface area contributed by atoms with Gasteiger partial charge in [0.05, 0.1) is 17.1 Å². The minimum atomic E-state index is 0.880. The Kier molecular flexibility index (Phi) is 11.7. The number of benzene rings is 11. The fraction of sp³-hybridized carbons (Fsp3) is 0.0149.